The first kappa shape index (κ1) is 20.0. The average Bonchev–Trinajstić information content (AvgIpc) is 2.82. The number of amidine groups is 1. The average molecular weight is 409 g/mol. The van der Waals surface area contributed by atoms with Crippen molar-refractivity contribution in [3.8, 4) is 0 Å². The van der Waals surface area contributed by atoms with E-state index in [1.807, 2.05) is 0 Å². The lowest BCUT2D eigenvalue weighted by molar-refractivity contribution is -0.118. The molecule has 6 nitrogen and oxygen atoms in total. The summed E-state index contributed by atoms with van der Waals surface area (Å²) in [5.41, 5.74) is 6.08. The van der Waals surface area contributed by atoms with E-state index in [1.165, 1.54) is 42.3 Å². The Morgan fingerprint density at radius 1 is 1.26 bits per heavy atom. The third kappa shape index (κ3) is 5.39. The molecule has 1 saturated carbocycles. The zero-order valence-electron chi connectivity index (χ0n) is 15.2. The molecular weight excluding hydrogens is 384 g/mol. The molecular formula is C19H25ClN4O2S. The summed E-state index contributed by atoms with van der Waals surface area (Å²) >= 11 is 7.63. The summed E-state index contributed by atoms with van der Waals surface area (Å²) in [6, 6.07) is 6.76. The molecule has 1 aliphatic heterocycles. The highest BCUT2D eigenvalue weighted by Gasteiger charge is 2.31. The van der Waals surface area contributed by atoms with Crippen LogP contribution in [0.15, 0.2) is 29.3 Å². The number of rotatable bonds is 5. The number of carbonyl (C=O) groups excluding carboxylic acids is 2. The summed E-state index contributed by atoms with van der Waals surface area (Å²) in [5.74, 6) is -0.0593. The minimum atomic E-state index is -0.584. The van der Waals surface area contributed by atoms with Gasteiger partial charge in [-0.05, 0) is 31.4 Å². The second-order valence-electron chi connectivity index (χ2n) is 6.91. The first-order valence-corrected chi connectivity index (χ1v) is 10.7. The molecule has 1 saturated heterocycles. The lowest BCUT2D eigenvalue weighted by Crippen LogP contribution is -2.38. The van der Waals surface area contributed by atoms with Gasteiger partial charge in [-0.2, -0.15) is 0 Å². The number of nitrogens with one attached hydrogen (secondary N) is 1. The smallest absolute Gasteiger partial charge is 0.319 e. The van der Waals surface area contributed by atoms with Crippen LogP contribution in [0.2, 0.25) is 5.02 Å². The highest BCUT2D eigenvalue weighted by molar-refractivity contribution is 8.15. The molecule has 1 aromatic carbocycles. The molecule has 146 valence electrons. The molecule has 0 spiro atoms. The van der Waals surface area contributed by atoms with Gasteiger partial charge in [-0.3, -0.25) is 14.7 Å². The van der Waals surface area contributed by atoms with Gasteiger partial charge in [0.15, 0.2) is 5.17 Å². The molecule has 2 fully saturated rings. The number of thioether (sulfide) groups is 1. The number of carbonyl (C=O) groups is 2. The monoisotopic (exact) mass is 408 g/mol. The Morgan fingerprint density at radius 3 is 2.63 bits per heavy atom. The van der Waals surface area contributed by atoms with Crippen LogP contribution in [0.3, 0.4) is 0 Å². The third-order valence-corrected chi connectivity index (χ3v) is 6.41. The van der Waals surface area contributed by atoms with Crippen LogP contribution in [0, 0.1) is 0 Å². The Morgan fingerprint density at radius 2 is 1.96 bits per heavy atom. The molecule has 1 aromatic rings. The standard InChI is InChI=1S/C19H25ClN4O2S/c20-14-9-5-6-10-15(14)24(18(21)26)12-11-16-17(25)23-19(27-16)22-13-7-3-1-2-4-8-13/h5-6,9-10,13,16H,1-4,7-8,11-12H2,(H2,21,26)(H,22,23,25). The van der Waals surface area contributed by atoms with Crippen molar-refractivity contribution >= 4 is 46.2 Å². The largest absolute Gasteiger partial charge is 0.351 e. The predicted octanol–water partition coefficient (Wildman–Crippen LogP) is 3.93. The summed E-state index contributed by atoms with van der Waals surface area (Å²) in [4.78, 5) is 30.3. The summed E-state index contributed by atoms with van der Waals surface area (Å²) < 4.78 is 0. The van der Waals surface area contributed by atoms with Crippen LogP contribution in [-0.2, 0) is 4.79 Å². The van der Waals surface area contributed by atoms with Crippen molar-refractivity contribution in [2.24, 2.45) is 10.7 Å². The summed E-state index contributed by atoms with van der Waals surface area (Å²) in [5, 5.41) is 3.77. The maximum absolute atomic E-state index is 12.3. The second kappa shape index (κ2) is 9.46. The van der Waals surface area contributed by atoms with Gasteiger partial charge >= 0.3 is 6.03 Å². The number of hydrogen-bond donors (Lipinski definition) is 2. The fourth-order valence-corrected chi connectivity index (χ4v) is 4.74. The first-order chi connectivity index (χ1) is 13.0. The number of primary amides is 1. The number of benzene rings is 1. The van der Waals surface area contributed by atoms with Gasteiger partial charge in [-0.25, -0.2) is 4.79 Å². The van der Waals surface area contributed by atoms with Gasteiger partial charge in [0.2, 0.25) is 5.91 Å². The van der Waals surface area contributed by atoms with E-state index < -0.39 is 6.03 Å². The molecule has 27 heavy (non-hydrogen) atoms. The van der Waals surface area contributed by atoms with Gasteiger partial charge in [-0.1, -0.05) is 61.2 Å². The van der Waals surface area contributed by atoms with Crippen LogP contribution in [0.25, 0.3) is 0 Å². The Hall–Kier alpha value is -1.73. The van der Waals surface area contributed by atoms with E-state index in [9.17, 15) is 9.59 Å². The molecule has 8 heteroatoms. The molecule has 1 unspecified atom stereocenters. The van der Waals surface area contributed by atoms with Gasteiger partial charge in [0.1, 0.15) is 0 Å². The summed E-state index contributed by atoms with van der Waals surface area (Å²) in [6.45, 7) is 0.320. The van der Waals surface area contributed by atoms with Gasteiger partial charge in [0.25, 0.3) is 0 Å². The van der Waals surface area contributed by atoms with Crippen LogP contribution in [0.4, 0.5) is 10.5 Å². The summed E-state index contributed by atoms with van der Waals surface area (Å²) in [6.07, 6.45) is 7.61. The van der Waals surface area contributed by atoms with Crippen molar-refractivity contribution in [1.82, 2.24) is 5.32 Å². The Kier molecular flexibility index (Phi) is 7.01. The number of urea groups is 1. The first-order valence-electron chi connectivity index (χ1n) is 9.41. The van der Waals surface area contributed by atoms with E-state index >= 15 is 0 Å². The Bertz CT molecular complexity index is 719. The molecule has 3 N–H and O–H groups in total. The van der Waals surface area contributed by atoms with Gasteiger partial charge in [0.05, 0.1) is 22.0 Å². The molecule has 0 radical (unpaired) electrons. The lowest BCUT2D eigenvalue weighted by Gasteiger charge is -2.22. The third-order valence-electron chi connectivity index (χ3n) is 4.93. The Labute approximate surface area is 168 Å². The minimum Gasteiger partial charge on any atom is -0.351 e. The van der Waals surface area contributed by atoms with Crippen LogP contribution in [0.5, 0.6) is 0 Å². The maximum Gasteiger partial charge on any atom is 0.319 e. The number of amides is 3. The van der Waals surface area contributed by atoms with Crippen LogP contribution in [-0.4, -0.2) is 34.9 Å². The van der Waals surface area contributed by atoms with Crippen LogP contribution in [0.1, 0.15) is 44.9 Å². The Balaban J connectivity index is 1.61. The molecule has 1 heterocycles. The molecule has 0 bridgehead atoms. The van der Waals surface area contributed by atoms with Crippen molar-refractivity contribution in [1.29, 1.82) is 0 Å². The second-order valence-corrected chi connectivity index (χ2v) is 8.50. The van der Waals surface area contributed by atoms with Crippen molar-refractivity contribution in [3.05, 3.63) is 29.3 Å². The number of aliphatic imine (C=N–C) groups is 1. The zero-order valence-corrected chi connectivity index (χ0v) is 16.8. The SMILES string of the molecule is NC(=O)N(CCC1SC(=NC2CCCCCC2)NC1=O)c1ccccc1Cl. The fourth-order valence-electron chi connectivity index (χ4n) is 3.48. The number of anilines is 1. The van der Waals surface area contributed by atoms with E-state index in [0.717, 1.165) is 12.8 Å². The molecule has 1 atom stereocenters. The molecule has 2 aliphatic rings. The van der Waals surface area contributed by atoms with Crippen molar-refractivity contribution in [2.75, 3.05) is 11.4 Å². The van der Waals surface area contributed by atoms with E-state index in [-0.39, 0.29) is 11.2 Å². The molecule has 0 aromatic heterocycles. The van der Waals surface area contributed by atoms with Crippen molar-refractivity contribution in [2.45, 2.75) is 56.2 Å². The number of nitrogens with zero attached hydrogens (tertiary/aromatic N) is 2. The predicted molar refractivity (Wildman–Crippen MR) is 111 cm³/mol. The van der Waals surface area contributed by atoms with Crippen LogP contribution < -0.4 is 16.0 Å². The normalized spacial score (nSPS) is 22.5. The number of halogens is 1. The quantitative estimate of drug-likeness (QED) is 0.723. The highest BCUT2D eigenvalue weighted by atomic mass is 35.5. The molecule has 3 rings (SSSR count). The number of para-hydroxylation sites is 1. The molecule has 3 amide bonds. The minimum absolute atomic E-state index is 0.0593. The maximum atomic E-state index is 12.3. The summed E-state index contributed by atoms with van der Waals surface area (Å²) in [7, 11) is 0. The van der Waals surface area contributed by atoms with Crippen LogP contribution >= 0.6 is 23.4 Å². The van der Waals surface area contributed by atoms with Crippen molar-refractivity contribution in [3.63, 3.8) is 0 Å². The van der Waals surface area contributed by atoms with E-state index in [2.05, 4.69) is 5.32 Å². The van der Waals surface area contributed by atoms with Crippen molar-refractivity contribution < 1.29 is 9.59 Å². The van der Waals surface area contributed by atoms with Gasteiger partial charge < -0.3 is 11.1 Å². The van der Waals surface area contributed by atoms with E-state index in [4.69, 9.17) is 22.3 Å². The van der Waals surface area contributed by atoms with E-state index in [1.54, 1.807) is 24.3 Å². The number of hydrogen-bond acceptors (Lipinski definition) is 4. The highest BCUT2D eigenvalue weighted by Crippen LogP contribution is 2.29. The fraction of sp³-hybridized carbons (Fsp3) is 0.526. The number of nitrogens with two attached hydrogens (primary N) is 1. The van der Waals surface area contributed by atoms with Gasteiger partial charge in [0, 0.05) is 6.54 Å². The lowest BCUT2D eigenvalue weighted by atomic mass is 10.1. The topological polar surface area (TPSA) is 87.8 Å². The van der Waals surface area contributed by atoms with Gasteiger partial charge in [-0.15, -0.1) is 0 Å². The molecule has 1 aliphatic carbocycles. The van der Waals surface area contributed by atoms with E-state index in [0.29, 0.717) is 34.9 Å². The zero-order chi connectivity index (χ0) is 19.2.